The molecule has 1 atom stereocenters. The van der Waals surface area contributed by atoms with Crippen molar-refractivity contribution in [1.29, 1.82) is 0 Å². The molecule has 1 unspecified atom stereocenters. The highest BCUT2D eigenvalue weighted by atomic mass is 16.5. The van der Waals surface area contributed by atoms with Crippen LogP contribution in [0.25, 0.3) is 0 Å². The van der Waals surface area contributed by atoms with Gasteiger partial charge in [0, 0.05) is 57.3 Å². The van der Waals surface area contributed by atoms with Crippen LogP contribution < -0.4 is 5.73 Å². The summed E-state index contributed by atoms with van der Waals surface area (Å²) in [4.78, 5) is 5.14. The Morgan fingerprint density at radius 2 is 1.94 bits per heavy atom. The van der Waals surface area contributed by atoms with Gasteiger partial charge < -0.3 is 15.4 Å². The first-order valence-electron chi connectivity index (χ1n) is 7.39. The minimum Gasteiger partial charge on any atom is -0.381 e. The van der Waals surface area contributed by atoms with Gasteiger partial charge in [-0.15, -0.1) is 0 Å². The maximum Gasteiger partial charge on any atom is 0.0546 e. The van der Waals surface area contributed by atoms with Gasteiger partial charge in [-0.1, -0.05) is 0 Å². The van der Waals surface area contributed by atoms with Gasteiger partial charge in [0.15, 0.2) is 0 Å². The maximum atomic E-state index is 6.01. The van der Waals surface area contributed by atoms with Crippen molar-refractivity contribution >= 4 is 0 Å². The molecule has 0 amide bonds. The summed E-state index contributed by atoms with van der Waals surface area (Å²) in [5.41, 5.74) is 6.23. The Balaban J connectivity index is 1.82. The molecule has 0 radical (unpaired) electrons. The average molecular weight is 255 g/mol. The van der Waals surface area contributed by atoms with Gasteiger partial charge in [-0.2, -0.15) is 0 Å². The molecule has 106 valence electrons. The van der Waals surface area contributed by atoms with Gasteiger partial charge in [-0.05, 0) is 26.7 Å². The molecule has 2 N–H and O–H groups in total. The van der Waals surface area contributed by atoms with E-state index in [0.717, 1.165) is 26.3 Å². The number of hydrogen-bond acceptors (Lipinski definition) is 4. The predicted molar refractivity (Wildman–Crippen MR) is 74.7 cm³/mol. The lowest BCUT2D eigenvalue weighted by molar-refractivity contribution is -0.0301. The van der Waals surface area contributed by atoms with Crippen molar-refractivity contribution < 1.29 is 4.74 Å². The largest absolute Gasteiger partial charge is 0.381 e. The van der Waals surface area contributed by atoms with E-state index < -0.39 is 0 Å². The van der Waals surface area contributed by atoms with Gasteiger partial charge in [-0.3, -0.25) is 4.90 Å². The summed E-state index contributed by atoms with van der Waals surface area (Å²) in [5.74, 6) is 0. The summed E-state index contributed by atoms with van der Waals surface area (Å²) in [7, 11) is 0. The second-order valence-electron chi connectivity index (χ2n) is 6.27. The molecule has 0 aromatic heterocycles. The number of nitrogens with zero attached hydrogens (tertiary/aromatic N) is 2. The van der Waals surface area contributed by atoms with Crippen LogP contribution >= 0.6 is 0 Å². The Morgan fingerprint density at radius 1 is 1.22 bits per heavy atom. The molecule has 0 aliphatic carbocycles. The van der Waals surface area contributed by atoms with Crippen LogP contribution in [-0.4, -0.2) is 68.3 Å². The predicted octanol–water partition coefficient (Wildman–Crippen LogP) is 0.768. The summed E-state index contributed by atoms with van der Waals surface area (Å²) >= 11 is 0. The zero-order valence-corrected chi connectivity index (χ0v) is 12.0. The molecule has 2 rings (SSSR count). The van der Waals surface area contributed by atoms with Crippen LogP contribution in [-0.2, 0) is 4.74 Å². The molecule has 0 saturated carbocycles. The number of ether oxygens (including phenoxy) is 1. The second-order valence-corrected chi connectivity index (χ2v) is 6.27. The average Bonchev–Trinajstić information content (AvgIpc) is 2.40. The van der Waals surface area contributed by atoms with Crippen molar-refractivity contribution in [3.05, 3.63) is 0 Å². The fourth-order valence-electron chi connectivity index (χ4n) is 3.17. The van der Waals surface area contributed by atoms with Crippen molar-refractivity contribution in [2.24, 2.45) is 11.1 Å². The van der Waals surface area contributed by atoms with E-state index in [2.05, 4.69) is 23.6 Å². The number of nitrogens with two attached hydrogens (primary N) is 1. The number of rotatable bonds is 4. The minimum atomic E-state index is 0.220. The van der Waals surface area contributed by atoms with Gasteiger partial charge in [0.2, 0.25) is 0 Å². The SMILES string of the molecule is CC(C)N1CCN(CC2(CN)CCCOC2)CC1. The summed E-state index contributed by atoms with van der Waals surface area (Å²) in [6, 6.07) is 0.675. The third-order valence-corrected chi connectivity index (χ3v) is 4.53. The van der Waals surface area contributed by atoms with E-state index in [-0.39, 0.29) is 5.41 Å². The first-order valence-corrected chi connectivity index (χ1v) is 7.39. The minimum absolute atomic E-state index is 0.220. The molecule has 2 saturated heterocycles. The van der Waals surface area contributed by atoms with E-state index in [9.17, 15) is 0 Å². The van der Waals surface area contributed by atoms with E-state index in [1.54, 1.807) is 0 Å². The first kappa shape index (κ1) is 14.3. The van der Waals surface area contributed by atoms with Crippen molar-refractivity contribution in [1.82, 2.24) is 9.80 Å². The van der Waals surface area contributed by atoms with Crippen LogP contribution in [0.4, 0.5) is 0 Å². The third kappa shape index (κ3) is 3.44. The molecule has 4 heteroatoms. The smallest absolute Gasteiger partial charge is 0.0546 e. The molecule has 0 aromatic carbocycles. The monoisotopic (exact) mass is 255 g/mol. The van der Waals surface area contributed by atoms with Crippen LogP contribution in [0.3, 0.4) is 0 Å². The highest BCUT2D eigenvalue weighted by molar-refractivity contribution is 4.88. The Labute approximate surface area is 111 Å². The topological polar surface area (TPSA) is 41.7 Å². The molecule has 2 aliphatic heterocycles. The van der Waals surface area contributed by atoms with Crippen LogP contribution in [0.15, 0.2) is 0 Å². The normalized spacial score (nSPS) is 32.0. The van der Waals surface area contributed by atoms with Gasteiger partial charge in [0.25, 0.3) is 0 Å². The number of hydrogen-bond donors (Lipinski definition) is 1. The molecule has 2 aliphatic rings. The lowest BCUT2D eigenvalue weighted by Crippen LogP contribution is -2.54. The van der Waals surface area contributed by atoms with Crippen LogP contribution in [0, 0.1) is 5.41 Å². The van der Waals surface area contributed by atoms with E-state index in [1.807, 2.05) is 0 Å². The van der Waals surface area contributed by atoms with Crippen LogP contribution in [0.1, 0.15) is 26.7 Å². The summed E-state index contributed by atoms with van der Waals surface area (Å²) in [6.07, 6.45) is 2.40. The molecule has 0 aromatic rings. The third-order valence-electron chi connectivity index (χ3n) is 4.53. The standard InChI is InChI=1S/C14H29N3O/c1-13(2)17-7-5-16(6-8-17)11-14(10-15)4-3-9-18-12-14/h13H,3-12,15H2,1-2H3. The molecule has 18 heavy (non-hydrogen) atoms. The van der Waals surface area contributed by atoms with E-state index in [1.165, 1.54) is 39.0 Å². The molecule has 2 fully saturated rings. The Bertz CT molecular complexity index is 243. The summed E-state index contributed by atoms with van der Waals surface area (Å²) in [6.45, 7) is 13.0. The van der Waals surface area contributed by atoms with Crippen LogP contribution in [0.5, 0.6) is 0 Å². The van der Waals surface area contributed by atoms with Crippen molar-refractivity contribution in [2.75, 3.05) is 52.5 Å². The molecule has 4 nitrogen and oxygen atoms in total. The van der Waals surface area contributed by atoms with Crippen molar-refractivity contribution in [3.8, 4) is 0 Å². The highest BCUT2D eigenvalue weighted by Crippen LogP contribution is 2.29. The highest BCUT2D eigenvalue weighted by Gasteiger charge is 2.34. The van der Waals surface area contributed by atoms with Gasteiger partial charge in [-0.25, -0.2) is 0 Å². The number of piperazine rings is 1. The Morgan fingerprint density at radius 3 is 2.44 bits per heavy atom. The molecular formula is C14H29N3O. The Kier molecular flexibility index (Phi) is 5.01. The lowest BCUT2D eigenvalue weighted by atomic mass is 9.82. The molecule has 0 bridgehead atoms. The van der Waals surface area contributed by atoms with E-state index in [4.69, 9.17) is 10.5 Å². The zero-order valence-electron chi connectivity index (χ0n) is 12.0. The molecule has 0 spiro atoms. The lowest BCUT2D eigenvalue weighted by Gasteiger charge is -2.43. The summed E-state index contributed by atoms with van der Waals surface area (Å²) < 4.78 is 5.66. The quantitative estimate of drug-likeness (QED) is 0.805. The van der Waals surface area contributed by atoms with Crippen molar-refractivity contribution in [2.45, 2.75) is 32.7 Å². The second kappa shape index (κ2) is 6.33. The fraction of sp³-hybridized carbons (Fsp3) is 1.00. The zero-order chi connectivity index (χ0) is 13.0. The molecule has 2 heterocycles. The maximum absolute atomic E-state index is 6.01. The molecular weight excluding hydrogens is 226 g/mol. The fourth-order valence-corrected chi connectivity index (χ4v) is 3.17. The first-order chi connectivity index (χ1) is 8.65. The van der Waals surface area contributed by atoms with Gasteiger partial charge in [0.1, 0.15) is 0 Å². The van der Waals surface area contributed by atoms with Crippen LogP contribution in [0.2, 0.25) is 0 Å². The van der Waals surface area contributed by atoms with Crippen molar-refractivity contribution in [3.63, 3.8) is 0 Å². The van der Waals surface area contributed by atoms with Gasteiger partial charge in [0.05, 0.1) is 6.61 Å². The van der Waals surface area contributed by atoms with E-state index >= 15 is 0 Å². The van der Waals surface area contributed by atoms with E-state index in [0.29, 0.717) is 6.04 Å². The summed E-state index contributed by atoms with van der Waals surface area (Å²) in [5, 5.41) is 0. The Hall–Kier alpha value is -0.160. The van der Waals surface area contributed by atoms with Gasteiger partial charge >= 0.3 is 0 Å².